The third kappa shape index (κ3) is 4.70. The lowest BCUT2D eigenvalue weighted by Gasteiger charge is -2.40. The molecule has 2 aliphatic rings. The molecular formula is C21H34N4O. The molecule has 0 aromatic heterocycles. The van der Waals surface area contributed by atoms with Crippen LogP contribution in [0.1, 0.15) is 46.0 Å². The van der Waals surface area contributed by atoms with Gasteiger partial charge in [0.2, 0.25) is 0 Å². The number of hydrogen-bond donors (Lipinski definition) is 1. The number of carbonyl (C=O) groups is 1. The summed E-state index contributed by atoms with van der Waals surface area (Å²) in [5.41, 5.74) is 2.08. The van der Waals surface area contributed by atoms with Gasteiger partial charge in [-0.25, -0.2) is 4.79 Å². The van der Waals surface area contributed by atoms with Crippen LogP contribution in [0.2, 0.25) is 0 Å². The first-order valence-electron chi connectivity index (χ1n) is 10.4. The van der Waals surface area contributed by atoms with Gasteiger partial charge >= 0.3 is 6.03 Å². The highest BCUT2D eigenvalue weighted by Crippen LogP contribution is 2.24. The van der Waals surface area contributed by atoms with Crippen LogP contribution in [0.15, 0.2) is 24.3 Å². The lowest BCUT2D eigenvalue weighted by molar-refractivity contribution is 0.0943. The Morgan fingerprint density at radius 3 is 2.19 bits per heavy atom. The third-order valence-corrected chi connectivity index (χ3v) is 5.94. The quantitative estimate of drug-likeness (QED) is 0.864. The summed E-state index contributed by atoms with van der Waals surface area (Å²) in [6.07, 6.45) is 6.81. The van der Waals surface area contributed by atoms with E-state index in [1.54, 1.807) is 0 Å². The number of amides is 2. The molecule has 1 saturated heterocycles. The standard InChI is InChI=1S/C21H34N4O/c1-3-23(4-2)20-12-10-18(11-13-20)22-21(26)25-16-14-24(15-17-25)19-8-6-5-7-9-19/h10-13,19H,3-9,14-17H2,1-2H3,(H,22,26). The van der Waals surface area contributed by atoms with E-state index in [1.807, 2.05) is 17.0 Å². The van der Waals surface area contributed by atoms with E-state index in [-0.39, 0.29) is 6.03 Å². The van der Waals surface area contributed by atoms with E-state index in [0.29, 0.717) is 0 Å². The van der Waals surface area contributed by atoms with Gasteiger partial charge in [-0.15, -0.1) is 0 Å². The summed E-state index contributed by atoms with van der Waals surface area (Å²) >= 11 is 0. The van der Waals surface area contributed by atoms with Crippen LogP contribution in [0.4, 0.5) is 16.2 Å². The fourth-order valence-electron chi connectivity index (χ4n) is 4.28. The monoisotopic (exact) mass is 358 g/mol. The molecule has 0 atom stereocenters. The van der Waals surface area contributed by atoms with Gasteiger partial charge in [-0.1, -0.05) is 19.3 Å². The highest BCUT2D eigenvalue weighted by molar-refractivity contribution is 5.89. The molecule has 1 aromatic carbocycles. The largest absolute Gasteiger partial charge is 0.372 e. The van der Waals surface area contributed by atoms with Gasteiger partial charge in [-0.3, -0.25) is 4.90 Å². The number of benzene rings is 1. The molecule has 1 N–H and O–H groups in total. The summed E-state index contributed by atoms with van der Waals surface area (Å²) in [5.74, 6) is 0. The van der Waals surface area contributed by atoms with Crippen LogP contribution in [-0.4, -0.2) is 61.1 Å². The smallest absolute Gasteiger partial charge is 0.321 e. The maximum Gasteiger partial charge on any atom is 0.321 e. The Balaban J connectivity index is 1.48. The first-order chi connectivity index (χ1) is 12.7. The molecule has 0 radical (unpaired) electrons. The Morgan fingerprint density at radius 2 is 1.62 bits per heavy atom. The lowest BCUT2D eigenvalue weighted by atomic mass is 9.94. The van der Waals surface area contributed by atoms with Crippen molar-refractivity contribution >= 4 is 17.4 Å². The molecule has 1 heterocycles. The zero-order valence-electron chi connectivity index (χ0n) is 16.4. The number of rotatable bonds is 5. The summed E-state index contributed by atoms with van der Waals surface area (Å²) in [7, 11) is 0. The first kappa shape index (κ1) is 19.0. The van der Waals surface area contributed by atoms with Gasteiger partial charge in [0.25, 0.3) is 0 Å². The molecule has 0 unspecified atom stereocenters. The van der Waals surface area contributed by atoms with Crippen LogP contribution in [0.5, 0.6) is 0 Å². The fourth-order valence-corrected chi connectivity index (χ4v) is 4.28. The normalized spacial score (nSPS) is 19.4. The molecule has 1 aromatic rings. The molecule has 5 heteroatoms. The van der Waals surface area contributed by atoms with Crippen LogP contribution in [0, 0.1) is 0 Å². The number of piperazine rings is 1. The van der Waals surface area contributed by atoms with Crippen molar-refractivity contribution in [1.29, 1.82) is 0 Å². The highest BCUT2D eigenvalue weighted by atomic mass is 16.2. The summed E-state index contributed by atoms with van der Waals surface area (Å²) in [5, 5.41) is 3.06. The van der Waals surface area contributed by atoms with Gasteiger partial charge in [0.05, 0.1) is 0 Å². The predicted molar refractivity (Wildman–Crippen MR) is 109 cm³/mol. The second-order valence-corrected chi connectivity index (χ2v) is 7.46. The maximum atomic E-state index is 12.6. The van der Waals surface area contributed by atoms with Crippen molar-refractivity contribution in [2.75, 3.05) is 49.5 Å². The van der Waals surface area contributed by atoms with Crippen LogP contribution < -0.4 is 10.2 Å². The minimum Gasteiger partial charge on any atom is -0.372 e. The fraction of sp³-hybridized carbons (Fsp3) is 0.667. The van der Waals surface area contributed by atoms with E-state index in [9.17, 15) is 4.79 Å². The number of anilines is 2. The van der Waals surface area contributed by atoms with Gasteiger partial charge in [0, 0.05) is 56.7 Å². The average molecular weight is 359 g/mol. The van der Waals surface area contributed by atoms with Crippen molar-refractivity contribution in [3.8, 4) is 0 Å². The van der Waals surface area contributed by atoms with Crippen LogP contribution in [0.3, 0.4) is 0 Å². The molecule has 26 heavy (non-hydrogen) atoms. The zero-order chi connectivity index (χ0) is 18.4. The van der Waals surface area contributed by atoms with E-state index in [4.69, 9.17) is 0 Å². The van der Waals surface area contributed by atoms with Gasteiger partial charge < -0.3 is 15.1 Å². The SMILES string of the molecule is CCN(CC)c1ccc(NC(=O)N2CCN(C3CCCCC3)CC2)cc1. The molecule has 1 aliphatic carbocycles. The maximum absolute atomic E-state index is 12.6. The Kier molecular flexibility index (Phi) is 6.78. The summed E-state index contributed by atoms with van der Waals surface area (Å²) in [6.45, 7) is 10.00. The van der Waals surface area contributed by atoms with Gasteiger partial charge in [0.15, 0.2) is 0 Å². The molecule has 1 saturated carbocycles. The highest BCUT2D eigenvalue weighted by Gasteiger charge is 2.27. The number of hydrogen-bond acceptors (Lipinski definition) is 3. The molecular weight excluding hydrogens is 324 g/mol. The number of nitrogens with zero attached hydrogens (tertiary/aromatic N) is 3. The zero-order valence-corrected chi connectivity index (χ0v) is 16.4. The van der Waals surface area contributed by atoms with Crippen molar-refractivity contribution in [1.82, 2.24) is 9.80 Å². The topological polar surface area (TPSA) is 38.8 Å². The van der Waals surface area contributed by atoms with E-state index in [1.165, 1.54) is 37.8 Å². The van der Waals surface area contributed by atoms with E-state index < -0.39 is 0 Å². The molecule has 0 bridgehead atoms. The second kappa shape index (κ2) is 9.26. The van der Waals surface area contributed by atoms with Gasteiger partial charge in [-0.05, 0) is 51.0 Å². The van der Waals surface area contributed by atoms with Crippen molar-refractivity contribution in [3.63, 3.8) is 0 Å². The molecule has 2 fully saturated rings. The van der Waals surface area contributed by atoms with Crippen molar-refractivity contribution in [2.24, 2.45) is 0 Å². The molecule has 1 aliphatic heterocycles. The Morgan fingerprint density at radius 1 is 1.00 bits per heavy atom. The second-order valence-electron chi connectivity index (χ2n) is 7.46. The Hall–Kier alpha value is -1.75. The number of urea groups is 1. The van der Waals surface area contributed by atoms with Crippen LogP contribution in [-0.2, 0) is 0 Å². The molecule has 144 valence electrons. The van der Waals surface area contributed by atoms with E-state index >= 15 is 0 Å². The van der Waals surface area contributed by atoms with E-state index in [0.717, 1.165) is 51.0 Å². The minimum absolute atomic E-state index is 0.0314. The summed E-state index contributed by atoms with van der Waals surface area (Å²) < 4.78 is 0. The molecule has 3 rings (SSSR count). The summed E-state index contributed by atoms with van der Waals surface area (Å²) in [4.78, 5) is 19.4. The molecule has 5 nitrogen and oxygen atoms in total. The Bertz CT molecular complexity index is 556. The van der Waals surface area contributed by atoms with E-state index in [2.05, 4.69) is 41.1 Å². The lowest BCUT2D eigenvalue weighted by Crippen LogP contribution is -2.53. The predicted octanol–water partition coefficient (Wildman–Crippen LogP) is 4.02. The number of carbonyl (C=O) groups excluding carboxylic acids is 1. The summed E-state index contributed by atoms with van der Waals surface area (Å²) in [6, 6.07) is 8.96. The van der Waals surface area contributed by atoms with Crippen molar-refractivity contribution in [2.45, 2.75) is 52.0 Å². The minimum atomic E-state index is 0.0314. The first-order valence-corrected chi connectivity index (χ1v) is 10.4. The van der Waals surface area contributed by atoms with Crippen LogP contribution in [0.25, 0.3) is 0 Å². The molecule has 0 spiro atoms. The van der Waals surface area contributed by atoms with Gasteiger partial charge in [0.1, 0.15) is 0 Å². The third-order valence-electron chi connectivity index (χ3n) is 5.94. The van der Waals surface area contributed by atoms with Crippen molar-refractivity contribution in [3.05, 3.63) is 24.3 Å². The molecule has 2 amide bonds. The Labute approximate surface area is 158 Å². The van der Waals surface area contributed by atoms with Gasteiger partial charge in [-0.2, -0.15) is 0 Å². The average Bonchev–Trinajstić information content (AvgIpc) is 2.71. The number of nitrogens with one attached hydrogen (secondary N) is 1. The van der Waals surface area contributed by atoms with Crippen molar-refractivity contribution < 1.29 is 4.79 Å². The van der Waals surface area contributed by atoms with Crippen LogP contribution >= 0.6 is 0 Å².